The lowest BCUT2D eigenvalue weighted by Crippen LogP contribution is -2.39. The van der Waals surface area contributed by atoms with Crippen molar-refractivity contribution in [2.24, 2.45) is 5.73 Å². The van der Waals surface area contributed by atoms with Crippen molar-refractivity contribution in [1.82, 2.24) is 19.6 Å². The zero-order valence-corrected chi connectivity index (χ0v) is 9.64. The number of ether oxygens (including phenoxy) is 1. The van der Waals surface area contributed by atoms with Gasteiger partial charge in [0.05, 0.1) is 0 Å². The highest BCUT2D eigenvalue weighted by molar-refractivity contribution is 5.32. The van der Waals surface area contributed by atoms with Crippen molar-refractivity contribution in [3.05, 3.63) is 18.1 Å². The summed E-state index contributed by atoms with van der Waals surface area (Å²) in [5, 5.41) is 4.04. The van der Waals surface area contributed by atoms with Crippen LogP contribution in [0.15, 0.2) is 12.4 Å². The van der Waals surface area contributed by atoms with E-state index in [1.165, 1.54) is 6.33 Å². The summed E-state index contributed by atoms with van der Waals surface area (Å²) in [4.78, 5) is 8.23. The minimum atomic E-state index is -0.385. The highest BCUT2D eigenvalue weighted by Gasteiger charge is 2.14. The van der Waals surface area contributed by atoms with Crippen LogP contribution in [0.2, 0.25) is 0 Å². The predicted octanol–water partition coefficient (Wildman–Crippen LogP) is 0.549. The first-order valence-corrected chi connectivity index (χ1v) is 5.05. The SMILES string of the molecule is Cc1cc(OCC(C)(C)N)n2ncnc2n1. The fraction of sp³-hybridized carbons (Fsp3) is 0.500. The second-order valence-electron chi connectivity index (χ2n) is 4.48. The van der Waals surface area contributed by atoms with Crippen LogP contribution in [0.25, 0.3) is 5.78 Å². The molecule has 2 aromatic heterocycles. The van der Waals surface area contributed by atoms with E-state index in [-0.39, 0.29) is 5.54 Å². The van der Waals surface area contributed by atoms with Crippen molar-refractivity contribution in [2.45, 2.75) is 26.3 Å². The minimum Gasteiger partial charge on any atom is -0.476 e. The maximum absolute atomic E-state index is 5.85. The molecule has 2 N–H and O–H groups in total. The molecule has 0 saturated heterocycles. The molecule has 2 aromatic rings. The van der Waals surface area contributed by atoms with E-state index in [1.807, 2.05) is 26.8 Å². The van der Waals surface area contributed by atoms with Crippen molar-refractivity contribution in [1.29, 1.82) is 0 Å². The first kappa shape index (κ1) is 10.8. The number of rotatable bonds is 3. The lowest BCUT2D eigenvalue weighted by molar-refractivity contribution is 0.229. The van der Waals surface area contributed by atoms with E-state index < -0.39 is 0 Å². The van der Waals surface area contributed by atoms with E-state index in [0.29, 0.717) is 18.3 Å². The van der Waals surface area contributed by atoms with Gasteiger partial charge >= 0.3 is 0 Å². The maximum atomic E-state index is 5.85. The molecule has 2 heterocycles. The van der Waals surface area contributed by atoms with Crippen LogP contribution in [-0.2, 0) is 0 Å². The lowest BCUT2D eigenvalue weighted by atomic mass is 10.1. The minimum absolute atomic E-state index is 0.385. The Balaban J connectivity index is 2.32. The molecule has 0 radical (unpaired) electrons. The molecule has 6 heteroatoms. The topological polar surface area (TPSA) is 78.3 Å². The molecule has 6 nitrogen and oxygen atoms in total. The molecule has 0 amide bonds. The summed E-state index contributed by atoms with van der Waals surface area (Å²) < 4.78 is 7.17. The van der Waals surface area contributed by atoms with E-state index >= 15 is 0 Å². The van der Waals surface area contributed by atoms with Crippen molar-refractivity contribution < 1.29 is 4.74 Å². The fourth-order valence-electron chi connectivity index (χ4n) is 1.26. The van der Waals surface area contributed by atoms with Gasteiger partial charge in [-0.15, -0.1) is 0 Å². The van der Waals surface area contributed by atoms with Crippen LogP contribution < -0.4 is 10.5 Å². The zero-order chi connectivity index (χ0) is 11.8. The maximum Gasteiger partial charge on any atom is 0.255 e. The largest absolute Gasteiger partial charge is 0.476 e. The molecule has 0 bridgehead atoms. The second kappa shape index (κ2) is 3.71. The fourth-order valence-corrected chi connectivity index (χ4v) is 1.26. The van der Waals surface area contributed by atoms with E-state index in [0.717, 1.165) is 5.69 Å². The molecule has 0 unspecified atom stereocenters. The summed E-state index contributed by atoms with van der Waals surface area (Å²) in [6.07, 6.45) is 1.45. The third-order valence-electron chi connectivity index (χ3n) is 1.94. The Morgan fingerprint density at radius 2 is 2.25 bits per heavy atom. The summed E-state index contributed by atoms with van der Waals surface area (Å²) >= 11 is 0. The van der Waals surface area contributed by atoms with Crippen LogP contribution in [0.3, 0.4) is 0 Å². The molecule has 16 heavy (non-hydrogen) atoms. The first-order valence-electron chi connectivity index (χ1n) is 5.05. The second-order valence-corrected chi connectivity index (χ2v) is 4.48. The molecule has 0 fully saturated rings. The quantitative estimate of drug-likeness (QED) is 0.818. The van der Waals surface area contributed by atoms with Crippen molar-refractivity contribution in [3.8, 4) is 5.88 Å². The van der Waals surface area contributed by atoms with Crippen LogP contribution >= 0.6 is 0 Å². The molecule has 0 aromatic carbocycles. The molecule has 0 aliphatic carbocycles. The third-order valence-corrected chi connectivity index (χ3v) is 1.94. The molecule has 0 aliphatic heterocycles. The predicted molar refractivity (Wildman–Crippen MR) is 59.3 cm³/mol. The molecule has 0 aliphatic rings. The Bertz CT molecular complexity index is 499. The van der Waals surface area contributed by atoms with E-state index in [1.54, 1.807) is 4.52 Å². The first-order chi connectivity index (χ1) is 7.46. The van der Waals surface area contributed by atoms with Gasteiger partial charge < -0.3 is 10.5 Å². The monoisotopic (exact) mass is 221 g/mol. The average Bonchev–Trinajstić information content (AvgIpc) is 2.60. The van der Waals surface area contributed by atoms with Gasteiger partial charge in [-0.2, -0.15) is 14.6 Å². The Morgan fingerprint density at radius 1 is 1.50 bits per heavy atom. The number of hydrogen-bond donors (Lipinski definition) is 1. The third kappa shape index (κ3) is 2.27. The number of aromatic nitrogens is 4. The molecule has 0 saturated carbocycles. The lowest BCUT2D eigenvalue weighted by Gasteiger charge is -2.19. The highest BCUT2D eigenvalue weighted by atomic mass is 16.5. The smallest absolute Gasteiger partial charge is 0.255 e. The highest BCUT2D eigenvalue weighted by Crippen LogP contribution is 2.13. The molecule has 0 spiro atoms. The van der Waals surface area contributed by atoms with Crippen molar-refractivity contribution >= 4 is 5.78 Å². The van der Waals surface area contributed by atoms with Gasteiger partial charge in [-0.3, -0.25) is 0 Å². The van der Waals surface area contributed by atoms with Crippen molar-refractivity contribution in [3.63, 3.8) is 0 Å². The van der Waals surface area contributed by atoms with Crippen LogP contribution in [0, 0.1) is 6.92 Å². The zero-order valence-electron chi connectivity index (χ0n) is 9.64. The number of fused-ring (bicyclic) bond motifs is 1. The van der Waals surface area contributed by atoms with E-state index in [4.69, 9.17) is 10.5 Å². The summed E-state index contributed by atoms with van der Waals surface area (Å²) in [7, 11) is 0. The van der Waals surface area contributed by atoms with Gasteiger partial charge in [0, 0.05) is 17.3 Å². The normalized spacial score (nSPS) is 12.0. The van der Waals surface area contributed by atoms with Crippen molar-refractivity contribution in [2.75, 3.05) is 6.61 Å². The number of hydrogen-bond acceptors (Lipinski definition) is 5. The number of aryl methyl sites for hydroxylation is 1. The van der Waals surface area contributed by atoms with E-state index in [9.17, 15) is 0 Å². The summed E-state index contributed by atoms with van der Waals surface area (Å²) in [6.45, 7) is 6.10. The van der Waals surface area contributed by atoms with Gasteiger partial charge in [-0.25, -0.2) is 4.98 Å². The number of nitrogens with two attached hydrogens (primary N) is 1. The van der Waals surface area contributed by atoms with E-state index in [2.05, 4.69) is 15.1 Å². The van der Waals surface area contributed by atoms with Gasteiger partial charge in [-0.05, 0) is 20.8 Å². The van der Waals surface area contributed by atoms with Gasteiger partial charge in [0.25, 0.3) is 5.78 Å². The number of nitrogens with zero attached hydrogens (tertiary/aromatic N) is 4. The molecular formula is C10H15N5O. The molecule has 0 atom stereocenters. The summed E-state index contributed by atoms with van der Waals surface area (Å²) in [6, 6.07) is 1.81. The van der Waals surface area contributed by atoms with Gasteiger partial charge in [-0.1, -0.05) is 0 Å². The molecular weight excluding hydrogens is 206 g/mol. The Hall–Kier alpha value is -1.69. The molecule has 86 valence electrons. The average molecular weight is 221 g/mol. The standard InChI is InChI=1S/C10H15N5O/c1-7-4-8(16-5-10(2,3)11)15-9(14-7)12-6-13-15/h4,6H,5,11H2,1-3H3. The Labute approximate surface area is 93.5 Å². The van der Waals surface area contributed by atoms with Gasteiger partial charge in [0.1, 0.15) is 12.9 Å². The van der Waals surface area contributed by atoms with Crippen LogP contribution in [-0.4, -0.2) is 31.7 Å². The van der Waals surface area contributed by atoms with Gasteiger partial charge in [0.2, 0.25) is 5.88 Å². The summed E-state index contributed by atoms with van der Waals surface area (Å²) in [5.41, 5.74) is 6.31. The Morgan fingerprint density at radius 3 is 2.94 bits per heavy atom. The Kier molecular flexibility index (Phi) is 2.51. The van der Waals surface area contributed by atoms with Crippen LogP contribution in [0.4, 0.5) is 0 Å². The molecule has 2 rings (SSSR count). The van der Waals surface area contributed by atoms with Gasteiger partial charge in [0.15, 0.2) is 0 Å². The summed E-state index contributed by atoms with van der Waals surface area (Å²) in [5.74, 6) is 1.14. The van der Waals surface area contributed by atoms with Crippen LogP contribution in [0.5, 0.6) is 5.88 Å². The van der Waals surface area contributed by atoms with Crippen LogP contribution in [0.1, 0.15) is 19.5 Å².